The van der Waals surface area contributed by atoms with Crippen molar-refractivity contribution in [2.45, 2.75) is 12.8 Å². The Bertz CT molecular complexity index is 348. The first kappa shape index (κ1) is 11.1. The van der Waals surface area contributed by atoms with E-state index in [2.05, 4.69) is 5.32 Å². The van der Waals surface area contributed by atoms with Gasteiger partial charge in [0.25, 0.3) is 0 Å². The first-order chi connectivity index (χ1) is 7.75. The minimum Gasteiger partial charge on any atom is -0.397 e. The van der Waals surface area contributed by atoms with E-state index in [1.807, 2.05) is 18.2 Å². The Kier molecular flexibility index (Phi) is 3.51. The van der Waals surface area contributed by atoms with Crippen LogP contribution in [0.3, 0.4) is 0 Å². The summed E-state index contributed by atoms with van der Waals surface area (Å²) >= 11 is 0. The van der Waals surface area contributed by atoms with Crippen LogP contribution in [-0.4, -0.2) is 19.8 Å². The molecule has 1 aliphatic heterocycles. The van der Waals surface area contributed by atoms with Gasteiger partial charge >= 0.3 is 0 Å². The van der Waals surface area contributed by atoms with Gasteiger partial charge in [-0.2, -0.15) is 0 Å². The van der Waals surface area contributed by atoms with Gasteiger partial charge in [0.15, 0.2) is 0 Å². The van der Waals surface area contributed by atoms with Crippen molar-refractivity contribution in [3.05, 3.63) is 18.2 Å². The minimum atomic E-state index is 0.636. The minimum absolute atomic E-state index is 0.636. The third kappa shape index (κ3) is 2.79. The molecule has 88 valence electrons. The van der Waals surface area contributed by atoms with Gasteiger partial charge in [0.1, 0.15) is 0 Å². The maximum atomic E-state index is 5.74. The van der Waals surface area contributed by atoms with Crippen LogP contribution >= 0.6 is 0 Å². The highest BCUT2D eigenvalue weighted by molar-refractivity contribution is 5.69. The van der Waals surface area contributed by atoms with E-state index in [9.17, 15) is 0 Å². The quantitative estimate of drug-likeness (QED) is 0.679. The topological polar surface area (TPSA) is 73.3 Å². The van der Waals surface area contributed by atoms with Gasteiger partial charge in [-0.1, -0.05) is 0 Å². The van der Waals surface area contributed by atoms with Gasteiger partial charge < -0.3 is 21.5 Å². The van der Waals surface area contributed by atoms with Crippen LogP contribution in [0.4, 0.5) is 17.1 Å². The van der Waals surface area contributed by atoms with Crippen LogP contribution in [-0.2, 0) is 4.74 Å². The molecule has 0 atom stereocenters. The molecule has 0 radical (unpaired) electrons. The maximum absolute atomic E-state index is 5.74. The average molecular weight is 221 g/mol. The zero-order chi connectivity index (χ0) is 11.4. The van der Waals surface area contributed by atoms with E-state index in [0.29, 0.717) is 17.3 Å². The molecule has 0 spiro atoms. The summed E-state index contributed by atoms with van der Waals surface area (Å²) in [4.78, 5) is 0. The lowest BCUT2D eigenvalue weighted by molar-refractivity contribution is 0.0699. The molecule has 0 saturated carbocycles. The maximum Gasteiger partial charge on any atom is 0.0568 e. The van der Waals surface area contributed by atoms with E-state index in [1.165, 1.54) is 0 Å². The molecule has 1 aromatic carbocycles. The van der Waals surface area contributed by atoms with Gasteiger partial charge in [-0.15, -0.1) is 0 Å². The molecule has 1 aromatic rings. The molecule has 4 heteroatoms. The summed E-state index contributed by atoms with van der Waals surface area (Å²) in [7, 11) is 0. The normalized spacial score (nSPS) is 17.2. The molecule has 0 amide bonds. The second kappa shape index (κ2) is 5.07. The molecule has 1 fully saturated rings. The highest BCUT2D eigenvalue weighted by Gasteiger charge is 2.13. The standard InChI is InChI=1S/C12H19N3O/c13-11-2-1-10(7-12(11)14)15-8-9-3-5-16-6-4-9/h1-2,7,9,15H,3-6,8,13-14H2. The molecule has 0 unspecified atom stereocenters. The molecule has 1 aliphatic rings. The van der Waals surface area contributed by atoms with E-state index in [4.69, 9.17) is 16.2 Å². The molecule has 0 aliphatic carbocycles. The van der Waals surface area contributed by atoms with Gasteiger partial charge in [-0.25, -0.2) is 0 Å². The number of ether oxygens (including phenoxy) is 1. The number of nitrogens with one attached hydrogen (secondary N) is 1. The van der Waals surface area contributed by atoms with Crippen LogP contribution in [0.5, 0.6) is 0 Å². The van der Waals surface area contributed by atoms with Gasteiger partial charge in [0, 0.05) is 25.4 Å². The van der Waals surface area contributed by atoms with Crippen LogP contribution in [0.2, 0.25) is 0 Å². The third-order valence-electron chi connectivity index (χ3n) is 3.02. The first-order valence-corrected chi connectivity index (χ1v) is 5.72. The molecule has 16 heavy (non-hydrogen) atoms. The van der Waals surface area contributed by atoms with Crippen LogP contribution < -0.4 is 16.8 Å². The van der Waals surface area contributed by atoms with Gasteiger partial charge in [0.05, 0.1) is 11.4 Å². The summed E-state index contributed by atoms with van der Waals surface area (Å²) in [5.74, 6) is 0.701. The van der Waals surface area contributed by atoms with Crippen LogP contribution in [0.25, 0.3) is 0 Å². The lowest BCUT2D eigenvalue weighted by atomic mass is 10.0. The lowest BCUT2D eigenvalue weighted by Gasteiger charge is -2.22. The SMILES string of the molecule is Nc1ccc(NCC2CCOCC2)cc1N. The monoisotopic (exact) mass is 221 g/mol. The van der Waals surface area contributed by atoms with Crippen LogP contribution in [0.1, 0.15) is 12.8 Å². The van der Waals surface area contributed by atoms with Crippen molar-refractivity contribution in [1.29, 1.82) is 0 Å². The summed E-state index contributed by atoms with van der Waals surface area (Å²) in [6.45, 7) is 2.75. The van der Waals surface area contributed by atoms with Gasteiger partial charge in [0.2, 0.25) is 0 Å². The Balaban J connectivity index is 1.86. The average Bonchev–Trinajstić information content (AvgIpc) is 2.32. The van der Waals surface area contributed by atoms with Crippen molar-refractivity contribution in [2.75, 3.05) is 36.5 Å². The fourth-order valence-electron chi connectivity index (χ4n) is 1.90. The number of nitrogens with two attached hydrogens (primary N) is 2. The number of anilines is 3. The molecule has 1 heterocycles. The highest BCUT2D eigenvalue weighted by atomic mass is 16.5. The lowest BCUT2D eigenvalue weighted by Crippen LogP contribution is -2.22. The zero-order valence-corrected chi connectivity index (χ0v) is 9.41. The molecule has 2 rings (SSSR count). The van der Waals surface area contributed by atoms with E-state index in [-0.39, 0.29) is 0 Å². The molecule has 1 saturated heterocycles. The fourth-order valence-corrected chi connectivity index (χ4v) is 1.90. The van der Waals surface area contributed by atoms with Crippen molar-refractivity contribution < 1.29 is 4.74 Å². The molecular formula is C12H19N3O. The van der Waals surface area contributed by atoms with Crippen molar-refractivity contribution in [3.63, 3.8) is 0 Å². The Morgan fingerprint density at radius 1 is 1.19 bits per heavy atom. The predicted octanol–water partition coefficient (Wildman–Crippen LogP) is 1.69. The third-order valence-corrected chi connectivity index (χ3v) is 3.02. The largest absolute Gasteiger partial charge is 0.397 e. The number of benzene rings is 1. The second-order valence-corrected chi connectivity index (χ2v) is 4.28. The van der Waals surface area contributed by atoms with E-state index in [0.717, 1.165) is 38.3 Å². The van der Waals surface area contributed by atoms with Crippen molar-refractivity contribution in [1.82, 2.24) is 0 Å². The first-order valence-electron chi connectivity index (χ1n) is 5.72. The Labute approximate surface area is 96.0 Å². The van der Waals surface area contributed by atoms with E-state index >= 15 is 0 Å². The van der Waals surface area contributed by atoms with Gasteiger partial charge in [-0.3, -0.25) is 0 Å². The van der Waals surface area contributed by atoms with E-state index < -0.39 is 0 Å². The number of nitrogen functional groups attached to an aromatic ring is 2. The summed E-state index contributed by atoms with van der Waals surface area (Å²) in [6, 6.07) is 5.68. The summed E-state index contributed by atoms with van der Waals surface area (Å²) in [6.07, 6.45) is 2.27. The Morgan fingerprint density at radius 3 is 2.62 bits per heavy atom. The number of hydrogen-bond acceptors (Lipinski definition) is 4. The fraction of sp³-hybridized carbons (Fsp3) is 0.500. The van der Waals surface area contributed by atoms with Gasteiger partial charge in [-0.05, 0) is 37.0 Å². The zero-order valence-electron chi connectivity index (χ0n) is 9.41. The summed E-state index contributed by atoms with van der Waals surface area (Å²) in [5.41, 5.74) is 13.7. The van der Waals surface area contributed by atoms with Crippen molar-refractivity contribution in [3.8, 4) is 0 Å². The Hall–Kier alpha value is -1.42. The van der Waals surface area contributed by atoms with Crippen LogP contribution in [0.15, 0.2) is 18.2 Å². The predicted molar refractivity (Wildman–Crippen MR) is 67.3 cm³/mol. The molecule has 5 N–H and O–H groups in total. The smallest absolute Gasteiger partial charge is 0.0568 e. The number of hydrogen-bond donors (Lipinski definition) is 3. The second-order valence-electron chi connectivity index (χ2n) is 4.28. The molecular weight excluding hydrogens is 202 g/mol. The molecule has 0 aromatic heterocycles. The molecule has 4 nitrogen and oxygen atoms in total. The number of rotatable bonds is 3. The Morgan fingerprint density at radius 2 is 1.94 bits per heavy atom. The molecule has 0 bridgehead atoms. The highest BCUT2D eigenvalue weighted by Crippen LogP contribution is 2.21. The van der Waals surface area contributed by atoms with E-state index in [1.54, 1.807) is 0 Å². The van der Waals surface area contributed by atoms with Crippen LogP contribution in [0, 0.1) is 5.92 Å². The van der Waals surface area contributed by atoms with Crippen molar-refractivity contribution >= 4 is 17.1 Å². The summed E-state index contributed by atoms with van der Waals surface area (Å²) in [5, 5.41) is 3.39. The summed E-state index contributed by atoms with van der Waals surface area (Å²) < 4.78 is 5.32. The van der Waals surface area contributed by atoms with Crippen molar-refractivity contribution in [2.24, 2.45) is 5.92 Å².